The van der Waals surface area contributed by atoms with Gasteiger partial charge in [0.2, 0.25) is 6.23 Å². The summed E-state index contributed by atoms with van der Waals surface area (Å²) in [5.74, 6) is 0.855. The summed E-state index contributed by atoms with van der Waals surface area (Å²) in [4.78, 5) is 0. The van der Waals surface area contributed by atoms with Crippen LogP contribution in [0.4, 0.5) is 0 Å². The van der Waals surface area contributed by atoms with Gasteiger partial charge in [-0.15, -0.1) is 0 Å². The van der Waals surface area contributed by atoms with Gasteiger partial charge in [0.25, 0.3) is 0 Å². The molecule has 140 valence electrons. The normalized spacial score (nSPS) is 20.2. The smallest absolute Gasteiger partial charge is 0.217 e. The van der Waals surface area contributed by atoms with E-state index in [9.17, 15) is 5.11 Å². The Kier molecular flexibility index (Phi) is 4.18. The van der Waals surface area contributed by atoms with E-state index in [1.807, 2.05) is 47.5 Å². The summed E-state index contributed by atoms with van der Waals surface area (Å²) in [7, 11) is 0. The van der Waals surface area contributed by atoms with E-state index in [0.29, 0.717) is 15.6 Å². The summed E-state index contributed by atoms with van der Waals surface area (Å²) < 4.78 is 6.25. The average Bonchev–Trinajstić information content (AvgIpc) is 3.16. The van der Waals surface area contributed by atoms with Gasteiger partial charge in [0.05, 0.1) is 17.3 Å². The molecule has 0 aromatic heterocycles. The molecule has 0 saturated heterocycles. The molecular formula is C22H16Cl2N2O2. The number of phenols is 1. The van der Waals surface area contributed by atoms with E-state index in [1.165, 1.54) is 0 Å². The number of aromatic hydroxyl groups is 1. The van der Waals surface area contributed by atoms with Gasteiger partial charge in [-0.2, -0.15) is 5.10 Å². The van der Waals surface area contributed by atoms with Crippen LogP contribution >= 0.6 is 23.2 Å². The zero-order valence-corrected chi connectivity index (χ0v) is 16.2. The monoisotopic (exact) mass is 410 g/mol. The maximum absolute atomic E-state index is 10.4. The quantitative estimate of drug-likeness (QED) is 0.568. The molecule has 4 nitrogen and oxygen atoms in total. The Morgan fingerprint density at radius 2 is 1.64 bits per heavy atom. The summed E-state index contributed by atoms with van der Waals surface area (Å²) in [6.45, 7) is 0. The van der Waals surface area contributed by atoms with Gasteiger partial charge in [0.15, 0.2) is 0 Å². The Hall–Kier alpha value is -2.69. The van der Waals surface area contributed by atoms with Crippen LogP contribution in [0.1, 0.15) is 35.4 Å². The molecule has 0 fully saturated rings. The van der Waals surface area contributed by atoms with Crippen LogP contribution in [0, 0.1) is 0 Å². The van der Waals surface area contributed by atoms with Crippen molar-refractivity contribution < 1.29 is 9.84 Å². The summed E-state index contributed by atoms with van der Waals surface area (Å²) in [5, 5.41) is 18.4. The van der Waals surface area contributed by atoms with Crippen LogP contribution in [-0.2, 0) is 0 Å². The molecule has 6 heteroatoms. The molecule has 0 amide bonds. The van der Waals surface area contributed by atoms with Crippen molar-refractivity contribution in [1.29, 1.82) is 0 Å². The van der Waals surface area contributed by atoms with Crippen molar-refractivity contribution in [1.82, 2.24) is 5.01 Å². The average molecular weight is 411 g/mol. The fourth-order valence-corrected chi connectivity index (χ4v) is 4.15. The Labute approximate surface area is 172 Å². The minimum Gasteiger partial charge on any atom is -0.507 e. The lowest BCUT2D eigenvalue weighted by molar-refractivity contribution is -0.0203. The Bertz CT molecular complexity index is 1090. The lowest BCUT2D eigenvalue weighted by atomic mass is 9.96. The number of rotatable bonds is 2. The van der Waals surface area contributed by atoms with Crippen molar-refractivity contribution in [3.8, 4) is 11.5 Å². The van der Waals surface area contributed by atoms with E-state index in [2.05, 4.69) is 0 Å². The molecule has 0 aliphatic carbocycles. The minimum absolute atomic E-state index is 0.0407. The van der Waals surface area contributed by atoms with E-state index in [-0.39, 0.29) is 11.8 Å². The standard InChI is InChI=1S/C22H16Cl2N2O2/c23-14-6-8-20(27)17(11-14)22-26-19(16-10-15(24)7-9-21(16)28-22)12-18(25-26)13-4-2-1-3-5-13/h1-11,19,22,27H,12H2/t19-,22+/m1/s1. The number of halogens is 2. The van der Waals surface area contributed by atoms with Crippen LogP contribution < -0.4 is 4.74 Å². The fraction of sp³-hybridized carbons (Fsp3) is 0.136. The molecule has 5 rings (SSSR count). The molecule has 0 unspecified atom stereocenters. The lowest BCUT2D eigenvalue weighted by Crippen LogP contribution is -2.33. The van der Waals surface area contributed by atoms with Gasteiger partial charge >= 0.3 is 0 Å². The predicted octanol–water partition coefficient (Wildman–Crippen LogP) is 5.94. The summed E-state index contributed by atoms with van der Waals surface area (Å²) in [6, 6.07) is 20.6. The number of hydrogen-bond donors (Lipinski definition) is 1. The number of fused-ring (bicyclic) bond motifs is 3. The molecule has 2 aliphatic heterocycles. The molecular weight excluding hydrogens is 395 g/mol. The van der Waals surface area contributed by atoms with E-state index in [1.54, 1.807) is 24.3 Å². The zero-order valence-electron chi connectivity index (χ0n) is 14.7. The Morgan fingerprint density at radius 1 is 0.929 bits per heavy atom. The Balaban J connectivity index is 1.64. The molecule has 2 atom stereocenters. The van der Waals surface area contributed by atoms with Crippen molar-refractivity contribution in [3.05, 3.63) is 93.5 Å². The second-order valence-corrected chi connectivity index (χ2v) is 7.74. The third-order valence-corrected chi connectivity index (χ3v) is 5.58. The van der Waals surface area contributed by atoms with Gasteiger partial charge in [0.1, 0.15) is 11.5 Å². The van der Waals surface area contributed by atoms with Gasteiger partial charge < -0.3 is 9.84 Å². The molecule has 2 heterocycles. The van der Waals surface area contributed by atoms with Crippen LogP contribution in [0.25, 0.3) is 0 Å². The highest BCUT2D eigenvalue weighted by atomic mass is 35.5. The molecule has 1 N–H and O–H groups in total. The molecule has 0 radical (unpaired) electrons. The van der Waals surface area contributed by atoms with Crippen molar-refractivity contribution in [2.45, 2.75) is 18.7 Å². The number of ether oxygens (including phenoxy) is 1. The summed E-state index contributed by atoms with van der Waals surface area (Å²) in [5.41, 5.74) is 3.60. The maximum Gasteiger partial charge on any atom is 0.217 e. The first-order valence-corrected chi connectivity index (χ1v) is 9.71. The second-order valence-electron chi connectivity index (χ2n) is 6.87. The first-order valence-electron chi connectivity index (χ1n) is 8.96. The molecule has 0 spiro atoms. The minimum atomic E-state index is -0.585. The third kappa shape index (κ3) is 2.89. The summed E-state index contributed by atoms with van der Waals surface area (Å²) in [6.07, 6.45) is 0.136. The fourth-order valence-electron chi connectivity index (χ4n) is 3.79. The van der Waals surface area contributed by atoms with E-state index >= 15 is 0 Å². The van der Waals surface area contributed by atoms with Crippen LogP contribution in [0.15, 0.2) is 71.8 Å². The van der Waals surface area contributed by atoms with Crippen molar-refractivity contribution in [2.24, 2.45) is 5.10 Å². The topological polar surface area (TPSA) is 45.1 Å². The van der Waals surface area contributed by atoms with E-state index in [0.717, 1.165) is 29.0 Å². The summed E-state index contributed by atoms with van der Waals surface area (Å²) >= 11 is 12.4. The van der Waals surface area contributed by atoms with Gasteiger partial charge in [-0.05, 0) is 42.0 Å². The number of hydrogen-bond acceptors (Lipinski definition) is 4. The highest BCUT2D eigenvalue weighted by Crippen LogP contribution is 2.49. The first-order chi connectivity index (χ1) is 13.6. The largest absolute Gasteiger partial charge is 0.507 e. The molecule has 2 aliphatic rings. The van der Waals surface area contributed by atoms with Crippen LogP contribution in [0.3, 0.4) is 0 Å². The molecule has 3 aromatic carbocycles. The second kappa shape index (κ2) is 6.73. The lowest BCUT2D eigenvalue weighted by Gasteiger charge is -2.38. The van der Waals surface area contributed by atoms with Crippen molar-refractivity contribution >= 4 is 28.9 Å². The third-order valence-electron chi connectivity index (χ3n) is 5.11. The zero-order chi connectivity index (χ0) is 19.3. The predicted molar refractivity (Wildman–Crippen MR) is 110 cm³/mol. The molecule has 3 aromatic rings. The highest BCUT2D eigenvalue weighted by molar-refractivity contribution is 6.31. The molecule has 0 saturated carbocycles. The SMILES string of the molecule is Oc1ccc(Cl)cc1[C@@H]1Oc2ccc(Cl)cc2[C@H]2CC(c3ccccc3)=NN21. The first kappa shape index (κ1) is 17.4. The Morgan fingerprint density at radius 3 is 2.43 bits per heavy atom. The molecule has 0 bridgehead atoms. The van der Waals surface area contributed by atoms with Gasteiger partial charge in [-0.1, -0.05) is 53.5 Å². The number of hydrazone groups is 1. The van der Waals surface area contributed by atoms with Crippen molar-refractivity contribution in [3.63, 3.8) is 0 Å². The van der Waals surface area contributed by atoms with Crippen LogP contribution in [-0.4, -0.2) is 15.8 Å². The number of benzene rings is 3. The number of phenolic OH excluding ortho intramolecular Hbond substituents is 1. The number of nitrogens with zero attached hydrogens (tertiary/aromatic N) is 2. The van der Waals surface area contributed by atoms with E-state index < -0.39 is 6.23 Å². The van der Waals surface area contributed by atoms with Gasteiger partial charge in [0, 0.05) is 22.0 Å². The maximum atomic E-state index is 10.4. The van der Waals surface area contributed by atoms with Crippen LogP contribution in [0.2, 0.25) is 10.0 Å². The highest BCUT2D eigenvalue weighted by Gasteiger charge is 2.42. The van der Waals surface area contributed by atoms with Gasteiger partial charge in [-0.3, -0.25) is 0 Å². The van der Waals surface area contributed by atoms with E-state index in [4.69, 9.17) is 33.0 Å². The van der Waals surface area contributed by atoms with Crippen molar-refractivity contribution in [2.75, 3.05) is 0 Å². The van der Waals surface area contributed by atoms with Gasteiger partial charge in [-0.25, -0.2) is 5.01 Å². The van der Waals surface area contributed by atoms with Crippen LogP contribution in [0.5, 0.6) is 11.5 Å². The molecule has 28 heavy (non-hydrogen) atoms.